The van der Waals surface area contributed by atoms with E-state index in [1.54, 1.807) is 16.8 Å². The molecule has 1 aromatic heterocycles. The fourth-order valence-electron chi connectivity index (χ4n) is 0.631. The van der Waals surface area contributed by atoms with Crippen molar-refractivity contribution in [2.75, 3.05) is 7.05 Å². The predicted molar refractivity (Wildman–Crippen MR) is 46.2 cm³/mol. The maximum Gasteiger partial charge on any atom is 0.321 e. The second-order valence-corrected chi connectivity index (χ2v) is 2.83. The smallest absolute Gasteiger partial charge is 0.321 e. The van der Waals surface area contributed by atoms with Crippen LogP contribution in [0.25, 0.3) is 0 Å². The molecule has 0 radical (unpaired) electrons. The van der Waals surface area contributed by atoms with Crippen molar-refractivity contribution in [3.05, 3.63) is 22.4 Å². The highest BCUT2D eigenvalue weighted by Gasteiger charge is 2.07. The molecular weight excluding hydrogens is 176 g/mol. The van der Waals surface area contributed by atoms with Crippen LogP contribution in [0.1, 0.15) is 10.4 Å². The number of thiophene rings is 1. The minimum atomic E-state index is -0.494. The van der Waals surface area contributed by atoms with Gasteiger partial charge in [0.2, 0.25) is 0 Å². The fraction of sp³-hybridized carbons (Fsp3) is 0.143. The molecule has 0 aliphatic heterocycles. The summed E-state index contributed by atoms with van der Waals surface area (Å²) < 4.78 is 0. The normalized spacial score (nSPS) is 9.08. The Hall–Kier alpha value is -1.36. The summed E-state index contributed by atoms with van der Waals surface area (Å²) in [6, 6.07) is 1.16. The van der Waals surface area contributed by atoms with Gasteiger partial charge in [0.1, 0.15) is 0 Å². The molecule has 0 bridgehead atoms. The van der Waals surface area contributed by atoms with E-state index >= 15 is 0 Å². The van der Waals surface area contributed by atoms with E-state index < -0.39 is 6.03 Å². The highest BCUT2D eigenvalue weighted by Crippen LogP contribution is 2.04. The molecule has 0 fully saturated rings. The molecule has 0 aromatic carbocycles. The quantitative estimate of drug-likeness (QED) is 0.678. The molecule has 5 heteroatoms. The molecule has 12 heavy (non-hydrogen) atoms. The first-order valence-corrected chi connectivity index (χ1v) is 4.23. The zero-order chi connectivity index (χ0) is 8.97. The number of nitrogens with one attached hydrogen (secondary N) is 2. The van der Waals surface area contributed by atoms with Crippen LogP contribution in [-0.2, 0) is 0 Å². The van der Waals surface area contributed by atoms with E-state index in [1.165, 1.54) is 18.4 Å². The molecule has 3 amide bonds. The molecule has 1 heterocycles. The van der Waals surface area contributed by atoms with Crippen LogP contribution >= 0.6 is 11.3 Å². The van der Waals surface area contributed by atoms with Gasteiger partial charge in [0.25, 0.3) is 5.91 Å². The Bertz CT molecular complexity index is 282. The number of imide groups is 1. The third kappa shape index (κ3) is 2.06. The van der Waals surface area contributed by atoms with Gasteiger partial charge in [-0.25, -0.2) is 4.79 Å². The average molecular weight is 184 g/mol. The summed E-state index contributed by atoms with van der Waals surface area (Å²) in [4.78, 5) is 21.8. The molecule has 0 saturated heterocycles. The van der Waals surface area contributed by atoms with E-state index in [4.69, 9.17) is 0 Å². The van der Waals surface area contributed by atoms with Crippen molar-refractivity contribution in [3.8, 4) is 0 Å². The van der Waals surface area contributed by atoms with Crippen molar-refractivity contribution in [1.29, 1.82) is 0 Å². The second kappa shape index (κ2) is 3.87. The molecule has 0 atom stereocenters. The number of hydrogen-bond donors (Lipinski definition) is 2. The zero-order valence-electron chi connectivity index (χ0n) is 6.46. The van der Waals surface area contributed by atoms with Crippen molar-refractivity contribution in [1.82, 2.24) is 10.6 Å². The lowest BCUT2D eigenvalue weighted by Gasteiger charge is -1.99. The Kier molecular flexibility index (Phi) is 2.82. The molecular formula is C7H8N2O2S. The van der Waals surface area contributed by atoms with Gasteiger partial charge >= 0.3 is 6.03 Å². The Morgan fingerprint density at radius 1 is 1.50 bits per heavy atom. The molecule has 0 aliphatic rings. The van der Waals surface area contributed by atoms with Crippen LogP contribution in [0, 0.1) is 0 Å². The monoisotopic (exact) mass is 184 g/mol. The maximum atomic E-state index is 11.1. The molecule has 0 spiro atoms. The Morgan fingerprint density at radius 2 is 2.25 bits per heavy atom. The number of rotatable bonds is 1. The van der Waals surface area contributed by atoms with E-state index in [-0.39, 0.29) is 5.91 Å². The summed E-state index contributed by atoms with van der Waals surface area (Å²) in [7, 11) is 1.45. The number of carbonyl (C=O) groups excluding carboxylic acids is 2. The van der Waals surface area contributed by atoms with E-state index in [2.05, 4.69) is 10.6 Å². The maximum absolute atomic E-state index is 11.1. The van der Waals surface area contributed by atoms with E-state index in [1.807, 2.05) is 0 Å². The van der Waals surface area contributed by atoms with Crippen molar-refractivity contribution >= 4 is 23.3 Å². The van der Waals surface area contributed by atoms with Gasteiger partial charge in [-0.3, -0.25) is 10.1 Å². The highest BCUT2D eigenvalue weighted by atomic mass is 32.1. The van der Waals surface area contributed by atoms with Crippen LogP contribution in [0.2, 0.25) is 0 Å². The van der Waals surface area contributed by atoms with Gasteiger partial charge in [-0.05, 0) is 11.4 Å². The lowest BCUT2D eigenvalue weighted by molar-refractivity contribution is 0.0965. The van der Waals surface area contributed by atoms with Gasteiger partial charge in [0, 0.05) is 12.4 Å². The fourth-order valence-corrected chi connectivity index (χ4v) is 1.27. The largest absolute Gasteiger partial charge is 0.341 e. The zero-order valence-corrected chi connectivity index (χ0v) is 7.27. The summed E-state index contributed by atoms with van der Waals surface area (Å²) in [6.07, 6.45) is 0. The summed E-state index contributed by atoms with van der Waals surface area (Å²) in [5.41, 5.74) is 0.503. The molecule has 2 N–H and O–H groups in total. The van der Waals surface area contributed by atoms with Crippen LogP contribution in [0.5, 0.6) is 0 Å². The van der Waals surface area contributed by atoms with Crippen molar-refractivity contribution in [2.45, 2.75) is 0 Å². The first-order valence-electron chi connectivity index (χ1n) is 3.29. The molecule has 4 nitrogen and oxygen atoms in total. The second-order valence-electron chi connectivity index (χ2n) is 2.05. The number of urea groups is 1. The highest BCUT2D eigenvalue weighted by molar-refractivity contribution is 7.08. The Balaban J connectivity index is 2.56. The van der Waals surface area contributed by atoms with Crippen LogP contribution in [0.3, 0.4) is 0 Å². The van der Waals surface area contributed by atoms with Gasteiger partial charge in [-0.15, -0.1) is 0 Å². The van der Waals surface area contributed by atoms with Crippen LogP contribution in [0.15, 0.2) is 16.8 Å². The summed E-state index contributed by atoms with van der Waals surface area (Å²) >= 11 is 1.41. The number of amides is 3. The minimum absolute atomic E-state index is 0.379. The van der Waals surface area contributed by atoms with Crippen LogP contribution in [0.4, 0.5) is 4.79 Å². The average Bonchev–Trinajstić information content (AvgIpc) is 2.56. The van der Waals surface area contributed by atoms with E-state index in [0.717, 1.165) is 0 Å². The Labute approximate surface area is 73.6 Å². The predicted octanol–water partition coefficient (Wildman–Crippen LogP) is 0.817. The third-order valence-electron chi connectivity index (χ3n) is 1.24. The van der Waals surface area contributed by atoms with Crippen molar-refractivity contribution < 1.29 is 9.59 Å². The van der Waals surface area contributed by atoms with Gasteiger partial charge < -0.3 is 5.32 Å². The molecule has 0 saturated carbocycles. The lowest BCUT2D eigenvalue weighted by atomic mass is 10.3. The van der Waals surface area contributed by atoms with Gasteiger partial charge in [-0.1, -0.05) is 0 Å². The number of hydrogen-bond acceptors (Lipinski definition) is 3. The topological polar surface area (TPSA) is 58.2 Å². The molecule has 64 valence electrons. The number of carbonyl (C=O) groups is 2. The molecule has 0 aliphatic carbocycles. The third-order valence-corrected chi connectivity index (χ3v) is 1.92. The molecule has 1 rings (SSSR count). The van der Waals surface area contributed by atoms with Gasteiger partial charge in [0.05, 0.1) is 5.56 Å². The summed E-state index contributed by atoms with van der Waals surface area (Å²) in [5.74, 6) is -0.379. The Morgan fingerprint density at radius 3 is 2.75 bits per heavy atom. The summed E-state index contributed by atoms with van der Waals surface area (Å²) in [5, 5.41) is 7.90. The van der Waals surface area contributed by atoms with Crippen molar-refractivity contribution in [2.24, 2.45) is 0 Å². The first-order chi connectivity index (χ1) is 5.74. The standard InChI is InChI=1S/C7H8N2O2S/c1-8-7(11)9-6(10)5-2-3-12-4-5/h2-4H,1H3,(H2,8,9,10,11). The molecule has 0 unspecified atom stereocenters. The van der Waals surface area contributed by atoms with Crippen LogP contribution in [-0.4, -0.2) is 19.0 Å². The van der Waals surface area contributed by atoms with Crippen LogP contribution < -0.4 is 10.6 Å². The van der Waals surface area contributed by atoms with Crippen molar-refractivity contribution in [3.63, 3.8) is 0 Å². The SMILES string of the molecule is CNC(=O)NC(=O)c1ccsc1. The lowest BCUT2D eigenvalue weighted by Crippen LogP contribution is -2.37. The van der Waals surface area contributed by atoms with E-state index in [0.29, 0.717) is 5.56 Å². The summed E-state index contributed by atoms with van der Waals surface area (Å²) in [6.45, 7) is 0. The molecule has 1 aromatic rings. The van der Waals surface area contributed by atoms with Gasteiger partial charge in [-0.2, -0.15) is 11.3 Å². The minimum Gasteiger partial charge on any atom is -0.341 e. The van der Waals surface area contributed by atoms with Gasteiger partial charge in [0.15, 0.2) is 0 Å². The van der Waals surface area contributed by atoms with E-state index in [9.17, 15) is 9.59 Å². The first kappa shape index (κ1) is 8.73.